The van der Waals surface area contributed by atoms with Crippen LogP contribution in [0.2, 0.25) is 5.02 Å². The molecule has 0 bridgehead atoms. The van der Waals surface area contributed by atoms with Gasteiger partial charge in [0.15, 0.2) is 11.5 Å². The van der Waals surface area contributed by atoms with E-state index in [-0.39, 0.29) is 11.3 Å². The summed E-state index contributed by atoms with van der Waals surface area (Å²) in [4.78, 5) is 28.7. The summed E-state index contributed by atoms with van der Waals surface area (Å²) < 4.78 is 16.9. The second-order valence-electron chi connectivity index (χ2n) is 8.58. The van der Waals surface area contributed by atoms with Gasteiger partial charge in [-0.3, -0.25) is 14.5 Å². The summed E-state index contributed by atoms with van der Waals surface area (Å²) in [5.74, 6) is -0.848. The van der Waals surface area contributed by atoms with E-state index in [4.69, 9.17) is 25.5 Å². The highest BCUT2D eigenvalue weighted by Gasteiger charge is 2.45. The predicted octanol–water partition coefficient (Wildman–Crippen LogP) is 6.67. The minimum Gasteiger partial charge on any atom is -0.503 e. The Kier molecular flexibility index (Phi) is 6.63. The number of rotatable bonds is 8. The van der Waals surface area contributed by atoms with Crippen molar-refractivity contribution in [1.29, 1.82) is 0 Å². The van der Waals surface area contributed by atoms with Crippen LogP contribution >= 0.6 is 11.6 Å². The fraction of sp³-hybridized carbons (Fsp3) is 0.172. The summed E-state index contributed by atoms with van der Waals surface area (Å²) in [6.45, 7) is 2.52. The molecule has 1 amide bonds. The second kappa shape index (κ2) is 10.0. The zero-order valence-electron chi connectivity index (χ0n) is 20.2. The summed E-state index contributed by atoms with van der Waals surface area (Å²) in [7, 11) is 1.52. The molecule has 3 aromatic carbocycles. The Balaban J connectivity index is 1.64. The number of hydrogen-bond donors (Lipinski definition) is 1. The molecule has 0 fully saturated rings. The normalized spacial score (nSPS) is 15.5. The Morgan fingerprint density at radius 3 is 2.62 bits per heavy atom. The standard InChI is InChI=1S/C29H24ClNO6/c1-3-12-36-22-9-4-6-17(14-22)26-25(27(32)24-15-18-13-19(30)10-11-23(18)37-24)28(33)29(34)31(26)20-7-5-8-21(16-20)35-2/h4-11,13-16,26,33H,3,12H2,1-2H3. The molecule has 2 heterocycles. The van der Waals surface area contributed by atoms with Gasteiger partial charge in [0.2, 0.25) is 5.78 Å². The van der Waals surface area contributed by atoms with Crippen molar-refractivity contribution in [1.82, 2.24) is 0 Å². The van der Waals surface area contributed by atoms with Crippen LogP contribution in [0.4, 0.5) is 5.69 Å². The molecule has 8 heteroatoms. The summed E-state index contributed by atoms with van der Waals surface area (Å²) in [5, 5.41) is 12.2. The van der Waals surface area contributed by atoms with Crippen molar-refractivity contribution in [2.75, 3.05) is 18.6 Å². The molecule has 0 saturated heterocycles. The van der Waals surface area contributed by atoms with Crippen molar-refractivity contribution in [3.63, 3.8) is 0 Å². The van der Waals surface area contributed by atoms with Crippen LogP contribution in [0, 0.1) is 0 Å². The molecule has 5 rings (SSSR count). The van der Waals surface area contributed by atoms with Gasteiger partial charge in [-0.1, -0.05) is 36.7 Å². The number of Topliss-reactive ketones (excluding diaryl/α,β-unsaturated/α-hetero) is 1. The third-order valence-corrected chi connectivity index (χ3v) is 6.37. The molecule has 188 valence electrons. The first-order valence-electron chi connectivity index (χ1n) is 11.8. The van der Waals surface area contributed by atoms with Crippen LogP contribution in [0.5, 0.6) is 11.5 Å². The van der Waals surface area contributed by atoms with Crippen molar-refractivity contribution in [3.05, 3.63) is 100 Å². The molecule has 37 heavy (non-hydrogen) atoms. The molecule has 1 aliphatic rings. The van der Waals surface area contributed by atoms with Gasteiger partial charge in [0.25, 0.3) is 5.91 Å². The fourth-order valence-corrected chi connectivity index (χ4v) is 4.61. The number of hydrogen-bond acceptors (Lipinski definition) is 6. The highest BCUT2D eigenvalue weighted by atomic mass is 35.5. The van der Waals surface area contributed by atoms with E-state index in [1.807, 2.05) is 6.92 Å². The average Bonchev–Trinajstić information content (AvgIpc) is 3.45. The Labute approximate surface area is 218 Å². The van der Waals surface area contributed by atoms with E-state index in [0.717, 1.165) is 6.42 Å². The number of furan rings is 1. The van der Waals surface area contributed by atoms with Crippen LogP contribution in [0.25, 0.3) is 11.0 Å². The SMILES string of the molecule is CCCOc1cccc(C2C(C(=O)c3cc4cc(Cl)ccc4o3)=C(O)C(=O)N2c2cccc(OC)c2)c1. The maximum absolute atomic E-state index is 13.8. The van der Waals surface area contributed by atoms with Crippen LogP contribution < -0.4 is 14.4 Å². The van der Waals surface area contributed by atoms with Crippen molar-refractivity contribution in [3.8, 4) is 11.5 Å². The van der Waals surface area contributed by atoms with Crippen LogP contribution in [0.1, 0.15) is 35.5 Å². The number of carbonyl (C=O) groups is 2. The quantitative estimate of drug-likeness (QED) is 0.263. The number of halogens is 1. The van der Waals surface area contributed by atoms with Crippen LogP contribution in [-0.4, -0.2) is 30.5 Å². The molecule has 0 spiro atoms. The number of amides is 1. The lowest BCUT2D eigenvalue weighted by Crippen LogP contribution is -2.31. The second-order valence-corrected chi connectivity index (χ2v) is 9.02. The monoisotopic (exact) mass is 517 g/mol. The molecule has 0 saturated carbocycles. The first-order valence-corrected chi connectivity index (χ1v) is 12.2. The molecule has 4 aromatic rings. The van der Waals surface area contributed by atoms with E-state index < -0.39 is 23.5 Å². The number of aliphatic hydroxyl groups is 1. The smallest absolute Gasteiger partial charge is 0.294 e. The van der Waals surface area contributed by atoms with Gasteiger partial charge in [-0.25, -0.2) is 0 Å². The zero-order valence-corrected chi connectivity index (χ0v) is 21.0. The number of ether oxygens (including phenoxy) is 2. The van der Waals surface area contributed by atoms with Crippen LogP contribution in [-0.2, 0) is 4.79 Å². The lowest BCUT2D eigenvalue weighted by atomic mass is 9.94. The summed E-state index contributed by atoms with van der Waals surface area (Å²) in [6, 6.07) is 19.6. The van der Waals surface area contributed by atoms with Gasteiger partial charge in [-0.15, -0.1) is 0 Å². The molecule has 1 aromatic heterocycles. The van der Waals surface area contributed by atoms with Gasteiger partial charge in [0.1, 0.15) is 17.1 Å². The van der Waals surface area contributed by atoms with Gasteiger partial charge in [-0.05, 0) is 60.5 Å². The van der Waals surface area contributed by atoms with Gasteiger partial charge in [0.05, 0.1) is 25.3 Å². The number of methoxy groups -OCH3 is 1. The number of ketones is 1. The van der Waals surface area contributed by atoms with Gasteiger partial charge < -0.3 is 19.0 Å². The minimum absolute atomic E-state index is 0.0116. The fourth-order valence-electron chi connectivity index (χ4n) is 4.43. The van der Waals surface area contributed by atoms with Crippen LogP contribution in [0.15, 0.2) is 88.5 Å². The zero-order chi connectivity index (χ0) is 26.1. The molecular weight excluding hydrogens is 494 g/mol. The number of carbonyl (C=O) groups excluding carboxylic acids is 2. The van der Waals surface area contributed by atoms with E-state index in [1.165, 1.54) is 12.0 Å². The highest BCUT2D eigenvalue weighted by molar-refractivity contribution is 6.31. The third kappa shape index (κ3) is 4.54. The van der Waals surface area contributed by atoms with Gasteiger partial charge >= 0.3 is 0 Å². The maximum atomic E-state index is 13.8. The van der Waals surface area contributed by atoms with E-state index in [2.05, 4.69) is 0 Å². The summed E-state index contributed by atoms with van der Waals surface area (Å²) in [6.07, 6.45) is 0.822. The van der Waals surface area contributed by atoms with E-state index >= 15 is 0 Å². The lowest BCUT2D eigenvalue weighted by Gasteiger charge is -2.27. The molecule has 7 nitrogen and oxygen atoms in total. The van der Waals surface area contributed by atoms with Crippen molar-refractivity contribution >= 4 is 39.9 Å². The molecule has 1 atom stereocenters. The topological polar surface area (TPSA) is 89.2 Å². The number of anilines is 1. The molecule has 0 aliphatic carbocycles. The van der Waals surface area contributed by atoms with E-state index in [9.17, 15) is 14.7 Å². The Bertz CT molecular complexity index is 1540. The van der Waals surface area contributed by atoms with Crippen molar-refractivity contribution < 1.29 is 28.6 Å². The molecule has 1 N–H and O–H groups in total. The summed E-state index contributed by atoms with van der Waals surface area (Å²) >= 11 is 6.09. The molecule has 1 aliphatic heterocycles. The van der Waals surface area contributed by atoms with E-state index in [0.29, 0.717) is 45.3 Å². The first-order chi connectivity index (χ1) is 17.9. The average molecular weight is 518 g/mol. The van der Waals surface area contributed by atoms with E-state index in [1.54, 1.807) is 72.8 Å². The van der Waals surface area contributed by atoms with Gasteiger partial charge in [-0.2, -0.15) is 0 Å². The number of fused-ring (bicyclic) bond motifs is 1. The molecule has 1 unspecified atom stereocenters. The number of aliphatic hydroxyl groups excluding tert-OH is 1. The Hall–Kier alpha value is -4.23. The predicted molar refractivity (Wildman–Crippen MR) is 141 cm³/mol. The molecule has 0 radical (unpaired) electrons. The van der Waals surface area contributed by atoms with Gasteiger partial charge in [0, 0.05) is 22.2 Å². The summed E-state index contributed by atoms with van der Waals surface area (Å²) in [5.41, 5.74) is 1.43. The van der Waals surface area contributed by atoms with Crippen LogP contribution in [0.3, 0.4) is 0 Å². The lowest BCUT2D eigenvalue weighted by molar-refractivity contribution is -0.117. The number of benzene rings is 3. The van der Waals surface area contributed by atoms with Crippen molar-refractivity contribution in [2.24, 2.45) is 0 Å². The minimum atomic E-state index is -0.936. The third-order valence-electron chi connectivity index (χ3n) is 6.13. The Morgan fingerprint density at radius 1 is 1.05 bits per heavy atom. The largest absolute Gasteiger partial charge is 0.503 e. The first kappa shape index (κ1) is 24.5. The Morgan fingerprint density at radius 2 is 1.84 bits per heavy atom. The highest BCUT2D eigenvalue weighted by Crippen LogP contribution is 2.43. The maximum Gasteiger partial charge on any atom is 0.294 e. The molecular formula is C29H24ClNO6. The number of nitrogens with zero attached hydrogens (tertiary/aromatic N) is 1. The van der Waals surface area contributed by atoms with Crippen molar-refractivity contribution in [2.45, 2.75) is 19.4 Å².